The molecule has 1 aliphatic heterocycles. The second kappa shape index (κ2) is 7.69. The molecule has 0 radical (unpaired) electrons. The topological polar surface area (TPSA) is 75.4 Å². The van der Waals surface area contributed by atoms with Crippen molar-refractivity contribution in [1.82, 2.24) is 10.2 Å². The van der Waals surface area contributed by atoms with E-state index in [-0.39, 0.29) is 6.03 Å². The first-order valence-electron chi connectivity index (χ1n) is 9.06. The van der Waals surface area contributed by atoms with E-state index in [0.717, 1.165) is 44.3 Å². The first kappa shape index (κ1) is 16.8. The van der Waals surface area contributed by atoms with Gasteiger partial charge in [-0.2, -0.15) is 0 Å². The van der Waals surface area contributed by atoms with Crippen molar-refractivity contribution in [3.8, 4) is 0 Å². The molecular formula is C19H27N3O2. The minimum absolute atomic E-state index is 0.0929. The van der Waals surface area contributed by atoms with Crippen molar-refractivity contribution in [1.29, 1.82) is 0 Å². The van der Waals surface area contributed by atoms with E-state index in [0.29, 0.717) is 17.5 Å². The number of urea groups is 1. The summed E-state index contributed by atoms with van der Waals surface area (Å²) in [6.45, 7) is 1.61. The molecule has 5 heteroatoms. The maximum absolute atomic E-state index is 12.4. The Bertz CT molecular complexity index is 596. The standard InChI is InChI=1S/C19H27N3O2/c20-18(23)16-6-4-5-14(12-16)11-15-9-10-22(13-15)19(24)21-17-7-2-1-3-8-17/h4-6,12,15,17H,1-3,7-11,13H2,(H2,20,23)(H,21,24)/t15-/m1/s1. The zero-order valence-corrected chi connectivity index (χ0v) is 14.2. The molecule has 1 aromatic carbocycles. The number of nitrogens with one attached hydrogen (secondary N) is 1. The Morgan fingerprint density at radius 1 is 1.17 bits per heavy atom. The highest BCUT2D eigenvalue weighted by Gasteiger charge is 2.28. The van der Waals surface area contributed by atoms with Crippen molar-refractivity contribution in [2.75, 3.05) is 13.1 Å². The molecule has 5 nitrogen and oxygen atoms in total. The van der Waals surface area contributed by atoms with Gasteiger partial charge in [-0.1, -0.05) is 31.4 Å². The van der Waals surface area contributed by atoms with E-state index in [1.807, 2.05) is 23.1 Å². The lowest BCUT2D eigenvalue weighted by Gasteiger charge is -2.26. The highest BCUT2D eigenvalue weighted by molar-refractivity contribution is 5.92. The second-order valence-electron chi connectivity index (χ2n) is 7.15. The summed E-state index contributed by atoms with van der Waals surface area (Å²) in [5, 5.41) is 3.20. The van der Waals surface area contributed by atoms with E-state index in [1.54, 1.807) is 6.07 Å². The lowest BCUT2D eigenvalue weighted by Crippen LogP contribution is -2.44. The van der Waals surface area contributed by atoms with Crippen LogP contribution in [0.3, 0.4) is 0 Å². The number of primary amides is 1. The number of nitrogens with two attached hydrogens (primary N) is 1. The number of carbonyl (C=O) groups is 2. The van der Waals surface area contributed by atoms with Crippen LogP contribution >= 0.6 is 0 Å². The number of carbonyl (C=O) groups excluding carboxylic acids is 2. The van der Waals surface area contributed by atoms with Gasteiger partial charge in [-0.05, 0) is 49.3 Å². The molecule has 1 saturated carbocycles. The molecule has 130 valence electrons. The van der Waals surface area contributed by atoms with Gasteiger partial charge in [0.25, 0.3) is 0 Å². The zero-order valence-electron chi connectivity index (χ0n) is 14.2. The van der Waals surface area contributed by atoms with Crippen LogP contribution in [0.25, 0.3) is 0 Å². The number of amides is 3. The molecule has 0 aromatic heterocycles. The molecule has 1 heterocycles. The molecule has 3 amide bonds. The Morgan fingerprint density at radius 2 is 1.96 bits per heavy atom. The molecule has 24 heavy (non-hydrogen) atoms. The predicted molar refractivity (Wildman–Crippen MR) is 93.7 cm³/mol. The van der Waals surface area contributed by atoms with Gasteiger partial charge in [-0.3, -0.25) is 4.79 Å². The van der Waals surface area contributed by atoms with Crippen LogP contribution in [0.2, 0.25) is 0 Å². The molecule has 1 atom stereocenters. The Kier molecular flexibility index (Phi) is 5.38. The fourth-order valence-electron chi connectivity index (χ4n) is 3.88. The molecule has 1 saturated heterocycles. The smallest absolute Gasteiger partial charge is 0.317 e. The van der Waals surface area contributed by atoms with E-state index in [4.69, 9.17) is 5.73 Å². The third kappa shape index (κ3) is 4.28. The summed E-state index contributed by atoms with van der Waals surface area (Å²) in [6, 6.07) is 7.96. The van der Waals surface area contributed by atoms with Crippen LogP contribution in [0.4, 0.5) is 4.79 Å². The summed E-state index contributed by atoms with van der Waals surface area (Å²) in [5.41, 5.74) is 7.01. The van der Waals surface area contributed by atoms with E-state index in [9.17, 15) is 9.59 Å². The molecule has 0 unspecified atom stereocenters. The van der Waals surface area contributed by atoms with E-state index >= 15 is 0 Å². The highest BCUT2D eigenvalue weighted by Crippen LogP contribution is 2.23. The van der Waals surface area contributed by atoms with Gasteiger partial charge in [-0.15, -0.1) is 0 Å². The third-order valence-electron chi connectivity index (χ3n) is 5.24. The molecule has 1 aliphatic carbocycles. The van der Waals surface area contributed by atoms with Crippen LogP contribution < -0.4 is 11.1 Å². The maximum Gasteiger partial charge on any atom is 0.317 e. The molecule has 3 rings (SSSR count). The first-order valence-corrected chi connectivity index (χ1v) is 9.06. The zero-order chi connectivity index (χ0) is 16.9. The SMILES string of the molecule is NC(=O)c1cccc(C[C@H]2CCN(C(=O)NC3CCCCC3)C2)c1. The molecule has 0 bridgehead atoms. The quantitative estimate of drug-likeness (QED) is 0.891. The van der Waals surface area contributed by atoms with Crippen molar-refractivity contribution in [3.05, 3.63) is 35.4 Å². The van der Waals surface area contributed by atoms with Gasteiger partial charge in [0.15, 0.2) is 0 Å². The highest BCUT2D eigenvalue weighted by atomic mass is 16.2. The monoisotopic (exact) mass is 329 g/mol. The molecule has 1 aromatic rings. The molecule has 0 spiro atoms. The molecular weight excluding hydrogens is 302 g/mol. The van der Waals surface area contributed by atoms with E-state index < -0.39 is 5.91 Å². The normalized spacial score (nSPS) is 21.7. The third-order valence-corrected chi connectivity index (χ3v) is 5.24. The number of nitrogens with zero attached hydrogens (tertiary/aromatic N) is 1. The van der Waals surface area contributed by atoms with Gasteiger partial charge in [-0.25, -0.2) is 4.79 Å². The van der Waals surface area contributed by atoms with E-state index in [1.165, 1.54) is 19.3 Å². The van der Waals surface area contributed by atoms with Gasteiger partial charge in [0.05, 0.1) is 0 Å². The summed E-state index contributed by atoms with van der Waals surface area (Å²) in [7, 11) is 0. The fourth-order valence-corrected chi connectivity index (χ4v) is 3.88. The fraction of sp³-hybridized carbons (Fsp3) is 0.579. The van der Waals surface area contributed by atoms with Crippen molar-refractivity contribution in [3.63, 3.8) is 0 Å². The lowest BCUT2D eigenvalue weighted by atomic mass is 9.96. The first-order chi connectivity index (χ1) is 11.6. The molecule has 2 aliphatic rings. The van der Waals surface area contributed by atoms with Crippen molar-refractivity contribution >= 4 is 11.9 Å². The van der Waals surface area contributed by atoms with Crippen molar-refractivity contribution < 1.29 is 9.59 Å². The Hall–Kier alpha value is -2.04. The van der Waals surface area contributed by atoms with Crippen LogP contribution in [0.5, 0.6) is 0 Å². The van der Waals surface area contributed by atoms with Gasteiger partial charge >= 0.3 is 6.03 Å². The Morgan fingerprint density at radius 3 is 2.71 bits per heavy atom. The molecule has 2 fully saturated rings. The summed E-state index contributed by atoms with van der Waals surface area (Å²) >= 11 is 0. The summed E-state index contributed by atoms with van der Waals surface area (Å²) in [4.78, 5) is 25.6. The van der Waals surface area contributed by atoms with Crippen molar-refractivity contribution in [2.24, 2.45) is 11.7 Å². The molecule has 3 N–H and O–H groups in total. The van der Waals surface area contributed by atoms with Gasteiger partial charge in [0.1, 0.15) is 0 Å². The number of benzene rings is 1. The summed E-state index contributed by atoms with van der Waals surface area (Å²) in [5.74, 6) is 0.0574. The van der Waals surface area contributed by atoms with Crippen molar-refractivity contribution in [2.45, 2.75) is 51.0 Å². The minimum atomic E-state index is -0.392. The van der Waals surface area contributed by atoms with Gasteiger partial charge < -0.3 is 16.0 Å². The van der Waals surface area contributed by atoms with Crippen LogP contribution in [-0.2, 0) is 6.42 Å². The average Bonchev–Trinajstić information content (AvgIpc) is 3.04. The largest absolute Gasteiger partial charge is 0.366 e. The minimum Gasteiger partial charge on any atom is -0.366 e. The summed E-state index contributed by atoms with van der Waals surface area (Å²) in [6.07, 6.45) is 7.87. The predicted octanol–water partition coefficient (Wildman–Crippen LogP) is 2.69. The number of hydrogen-bond donors (Lipinski definition) is 2. The van der Waals surface area contributed by atoms with Crippen LogP contribution in [-0.4, -0.2) is 36.0 Å². The van der Waals surface area contributed by atoms with Crippen LogP contribution in [0.15, 0.2) is 24.3 Å². The number of rotatable bonds is 4. The van der Waals surface area contributed by atoms with Crippen LogP contribution in [0.1, 0.15) is 54.4 Å². The average molecular weight is 329 g/mol. The number of hydrogen-bond acceptors (Lipinski definition) is 2. The Labute approximate surface area is 143 Å². The maximum atomic E-state index is 12.4. The van der Waals surface area contributed by atoms with Gasteiger partial charge in [0.2, 0.25) is 5.91 Å². The van der Waals surface area contributed by atoms with Crippen LogP contribution in [0, 0.1) is 5.92 Å². The number of likely N-dealkylation sites (tertiary alicyclic amines) is 1. The Balaban J connectivity index is 1.50. The lowest BCUT2D eigenvalue weighted by molar-refractivity contribution is 0.1000. The summed E-state index contributed by atoms with van der Waals surface area (Å²) < 4.78 is 0. The second-order valence-corrected chi connectivity index (χ2v) is 7.15. The van der Waals surface area contributed by atoms with E-state index in [2.05, 4.69) is 5.32 Å². The van der Waals surface area contributed by atoms with Gasteiger partial charge in [0, 0.05) is 24.7 Å².